The monoisotopic (exact) mass is 575 g/mol. The number of para-hydroxylation sites is 1. The topological polar surface area (TPSA) is 83.3 Å². The molecule has 1 aliphatic rings. The second-order valence-corrected chi connectivity index (χ2v) is 12.4. The Bertz CT molecular complexity index is 1610. The van der Waals surface area contributed by atoms with Gasteiger partial charge in [0.15, 0.2) is 0 Å². The highest BCUT2D eigenvalue weighted by Gasteiger charge is 2.28. The molecule has 0 radical (unpaired) electrons. The summed E-state index contributed by atoms with van der Waals surface area (Å²) in [5.74, 6) is -0.464. The first-order valence-corrected chi connectivity index (χ1v) is 15.5. The second kappa shape index (κ2) is 12.5. The number of nitrogens with zero attached hydrogens (tertiary/aromatic N) is 3. The molecule has 4 aromatic rings. The van der Waals surface area contributed by atoms with Crippen LogP contribution in [0.25, 0.3) is 11.0 Å². The van der Waals surface area contributed by atoms with Gasteiger partial charge in [-0.3, -0.25) is 0 Å². The van der Waals surface area contributed by atoms with E-state index in [1.54, 1.807) is 36.4 Å². The van der Waals surface area contributed by atoms with E-state index >= 15 is 0 Å². The lowest BCUT2D eigenvalue weighted by Gasteiger charge is -2.35. The minimum atomic E-state index is -3.91. The predicted octanol–water partition coefficient (Wildman–Crippen LogP) is 5.10. The molecule has 0 bridgehead atoms. The van der Waals surface area contributed by atoms with Crippen LogP contribution in [-0.4, -0.2) is 70.0 Å². The molecule has 2 heterocycles. The number of esters is 1. The number of sulfonamides is 1. The zero-order chi connectivity index (χ0) is 29.0. The zero-order valence-corrected chi connectivity index (χ0v) is 24.7. The molecule has 41 heavy (non-hydrogen) atoms. The maximum atomic E-state index is 14.3. The standard InChI is InChI=1S/C32H37N3O5S/c1-4-39-32(36)31-24(2)28-22-27(14-15-30(28)40-31)41(37,38)35(17-16-25-10-6-5-7-11-25)23-26-12-8-9-13-29(26)34-20-18-33(3)19-21-34/h5-15,22H,4,16-21,23H2,1-3H3. The first-order valence-electron chi connectivity index (χ1n) is 14.0. The van der Waals surface area contributed by atoms with Crippen molar-refractivity contribution < 1.29 is 22.4 Å². The molecule has 0 aliphatic carbocycles. The van der Waals surface area contributed by atoms with Gasteiger partial charge in [-0.2, -0.15) is 4.31 Å². The summed E-state index contributed by atoms with van der Waals surface area (Å²) in [6, 6.07) is 22.8. The van der Waals surface area contributed by atoms with Gasteiger partial charge in [0.2, 0.25) is 15.8 Å². The van der Waals surface area contributed by atoms with E-state index in [0.717, 1.165) is 43.0 Å². The number of ether oxygens (including phenoxy) is 1. The third kappa shape index (κ3) is 6.32. The Labute approximate surface area is 242 Å². The maximum Gasteiger partial charge on any atom is 0.374 e. The quantitative estimate of drug-likeness (QED) is 0.243. The molecular weight excluding hydrogens is 538 g/mol. The zero-order valence-electron chi connectivity index (χ0n) is 23.9. The van der Waals surface area contributed by atoms with E-state index < -0.39 is 16.0 Å². The van der Waals surface area contributed by atoms with Gasteiger partial charge in [-0.1, -0.05) is 48.5 Å². The van der Waals surface area contributed by atoms with Crippen LogP contribution in [0, 0.1) is 6.92 Å². The molecule has 1 saturated heterocycles. The highest BCUT2D eigenvalue weighted by molar-refractivity contribution is 7.89. The van der Waals surface area contributed by atoms with E-state index in [-0.39, 0.29) is 23.8 Å². The number of furan rings is 1. The van der Waals surface area contributed by atoms with Gasteiger partial charge in [-0.15, -0.1) is 0 Å². The largest absolute Gasteiger partial charge is 0.460 e. The summed E-state index contributed by atoms with van der Waals surface area (Å²) in [5, 5.41) is 0.579. The van der Waals surface area contributed by atoms with E-state index in [0.29, 0.717) is 29.5 Å². The Kier molecular flexibility index (Phi) is 8.77. The van der Waals surface area contributed by atoms with Crippen molar-refractivity contribution >= 4 is 32.6 Å². The molecule has 1 aliphatic heterocycles. The molecule has 0 amide bonds. The SMILES string of the molecule is CCOC(=O)c1oc2ccc(S(=O)(=O)N(CCc3ccccc3)Cc3ccccc3N3CCN(C)CC3)cc2c1C. The summed E-state index contributed by atoms with van der Waals surface area (Å²) in [4.78, 5) is 17.2. The van der Waals surface area contributed by atoms with Gasteiger partial charge >= 0.3 is 5.97 Å². The summed E-state index contributed by atoms with van der Waals surface area (Å²) in [5.41, 5.74) is 4.12. The van der Waals surface area contributed by atoms with Gasteiger partial charge in [0.25, 0.3) is 0 Å². The molecule has 0 unspecified atom stereocenters. The van der Waals surface area contributed by atoms with Gasteiger partial charge in [0.05, 0.1) is 11.5 Å². The number of carbonyl (C=O) groups excluding carboxylic acids is 1. The number of benzene rings is 3. The Hall–Kier alpha value is -3.66. The molecule has 1 fully saturated rings. The van der Waals surface area contributed by atoms with Crippen molar-refractivity contribution in [2.75, 3.05) is 51.3 Å². The summed E-state index contributed by atoms with van der Waals surface area (Å²) < 4.78 is 41.0. The number of hydrogen-bond acceptors (Lipinski definition) is 7. The predicted molar refractivity (Wildman–Crippen MR) is 161 cm³/mol. The normalized spacial score (nSPS) is 14.6. The number of likely N-dealkylation sites (N-methyl/N-ethyl adjacent to an activating group) is 1. The van der Waals surface area contributed by atoms with Crippen LogP contribution in [-0.2, 0) is 27.7 Å². The van der Waals surface area contributed by atoms with Crippen molar-refractivity contribution in [2.45, 2.75) is 31.7 Å². The molecule has 0 N–H and O–H groups in total. The third-order valence-electron chi connectivity index (χ3n) is 7.68. The average Bonchev–Trinajstić information content (AvgIpc) is 3.32. The number of piperazine rings is 1. The first kappa shape index (κ1) is 28.9. The van der Waals surface area contributed by atoms with E-state index in [9.17, 15) is 13.2 Å². The molecule has 5 rings (SSSR count). The van der Waals surface area contributed by atoms with Crippen molar-refractivity contribution in [3.8, 4) is 0 Å². The summed E-state index contributed by atoms with van der Waals surface area (Å²) in [6.45, 7) is 7.97. The smallest absolute Gasteiger partial charge is 0.374 e. The van der Waals surface area contributed by atoms with Crippen LogP contribution >= 0.6 is 0 Å². The van der Waals surface area contributed by atoms with Crippen LogP contribution < -0.4 is 4.90 Å². The molecule has 8 nitrogen and oxygen atoms in total. The lowest BCUT2D eigenvalue weighted by atomic mass is 10.1. The van der Waals surface area contributed by atoms with Crippen molar-refractivity contribution in [2.24, 2.45) is 0 Å². The first-order chi connectivity index (χ1) is 19.8. The number of carbonyl (C=O) groups is 1. The summed E-state index contributed by atoms with van der Waals surface area (Å²) in [7, 11) is -1.79. The molecular formula is C32H37N3O5S. The van der Waals surface area contributed by atoms with E-state index in [1.807, 2.05) is 48.5 Å². The van der Waals surface area contributed by atoms with Crippen molar-refractivity contribution in [3.05, 3.63) is 95.2 Å². The van der Waals surface area contributed by atoms with Crippen LogP contribution in [0.15, 0.2) is 82.1 Å². The lowest BCUT2D eigenvalue weighted by Crippen LogP contribution is -2.45. The number of fused-ring (bicyclic) bond motifs is 1. The minimum absolute atomic E-state index is 0.0958. The summed E-state index contributed by atoms with van der Waals surface area (Å²) >= 11 is 0. The average molecular weight is 576 g/mol. The fourth-order valence-electron chi connectivity index (χ4n) is 5.27. The van der Waals surface area contributed by atoms with Crippen LogP contribution in [0.3, 0.4) is 0 Å². The van der Waals surface area contributed by atoms with Crippen LogP contribution in [0.4, 0.5) is 5.69 Å². The van der Waals surface area contributed by atoms with Crippen molar-refractivity contribution in [3.63, 3.8) is 0 Å². The molecule has 0 spiro atoms. The third-order valence-corrected chi connectivity index (χ3v) is 9.52. The number of rotatable bonds is 10. The van der Waals surface area contributed by atoms with Gasteiger partial charge in [0.1, 0.15) is 5.58 Å². The fraction of sp³-hybridized carbons (Fsp3) is 0.344. The van der Waals surface area contributed by atoms with E-state index in [2.05, 4.69) is 22.9 Å². The molecule has 9 heteroatoms. The second-order valence-electron chi connectivity index (χ2n) is 10.4. The lowest BCUT2D eigenvalue weighted by molar-refractivity contribution is 0.0491. The maximum absolute atomic E-state index is 14.3. The number of anilines is 1. The van der Waals surface area contributed by atoms with Gasteiger partial charge in [-0.05, 0) is 62.7 Å². The minimum Gasteiger partial charge on any atom is -0.460 e. The highest BCUT2D eigenvalue weighted by atomic mass is 32.2. The molecule has 0 atom stereocenters. The molecule has 1 aromatic heterocycles. The van der Waals surface area contributed by atoms with Crippen LogP contribution in [0.1, 0.15) is 34.2 Å². The highest BCUT2D eigenvalue weighted by Crippen LogP contribution is 2.31. The van der Waals surface area contributed by atoms with E-state index in [4.69, 9.17) is 9.15 Å². The van der Waals surface area contributed by atoms with Gasteiger partial charge in [0, 0.05) is 55.9 Å². The fourth-order valence-corrected chi connectivity index (χ4v) is 6.72. The Morgan fingerprint density at radius 2 is 1.68 bits per heavy atom. The number of aryl methyl sites for hydroxylation is 1. The Morgan fingerprint density at radius 1 is 0.976 bits per heavy atom. The molecule has 0 saturated carbocycles. The van der Waals surface area contributed by atoms with Crippen LogP contribution in [0.2, 0.25) is 0 Å². The number of hydrogen-bond donors (Lipinski definition) is 0. The Morgan fingerprint density at radius 3 is 2.41 bits per heavy atom. The van der Waals surface area contributed by atoms with Gasteiger partial charge < -0.3 is 19.0 Å². The van der Waals surface area contributed by atoms with Crippen molar-refractivity contribution in [1.29, 1.82) is 0 Å². The van der Waals surface area contributed by atoms with Crippen molar-refractivity contribution in [1.82, 2.24) is 9.21 Å². The van der Waals surface area contributed by atoms with Crippen LogP contribution in [0.5, 0.6) is 0 Å². The molecule has 216 valence electrons. The Balaban J connectivity index is 1.50. The van der Waals surface area contributed by atoms with E-state index in [1.165, 1.54) is 0 Å². The van der Waals surface area contributed by atoms with Gasteiger partial charge in [-0.25, -0.2) is 13.2 Å². The molecule has 3 aromatic carbocycles. The summed E-state index contributed by atoms with van der Waals surface area (Å²) in [6.07, 6.45) is 0.580.